The highest BCUT2D eigenvalue weighted by molar-refractivity contribution is 5.80. The summed E-state index contributed by atoms with van der Waals surface area (Å²) in [6, 6.07) is 4.01. The number of primary amides is 1. The lowest BCUT2D eigenvalue weighted by molar-refractivity contribution is -0.127. The number of carbonyl (C=O) groups is 1. The van der Waals surface area contributed by atoms with E-state index < -0.39 is 0 Å². The highest BCUT2D eigenvalue weighted by Crippen LogP contribution is 2.17. The van der Waals surface area contributed by atoms with Gasteiger partial charge in [-0.2, -0.15) is 0 Å². The molecule has 0 radical (unpaired) electrons. The Labute approximate surface area is 95.5 Å². The standard InChI is InChI=1S/C12H17N3O/c13-12(16)11-5-8-15(11)7-2-4-10-3-1-6-14-9-10/h1,3,6,9,11H,2,4-5,7-8H2,(H2,13,16). The number of hydrogen-bond acceptors (Lipinski definition) is 3. The molecule has 2 rings (SSSR count). The smallest absolute Gasteiger partial charge is 0.234 e. The van der Waals surface area contributed by atoms with E-state index in [4.69, 9.17) is 5.73 Å². The highest BCUT2D eigenvalue weighted by atomic mass is 16.1. The van der Waals surface area contributed by atoms with Crippen molar-refractivity contribution >= 4 is 5.91 Å². The summed E-state index contributed by atoms with van der Waals surface area (Å²) >= 11 is 0. The molecule has 1 aromatic rings. The normalized spacial score (nSPS) is 20.4. The Morgan fingerprint density at radius 1 is 1.62 bits per heavy atom. The van der Waals surface area contributed by atoms with Gasteiger partial charge in [0.05, 0.1) is 6.04 Å². The lowest BCUT2D eigenvalue weighted by Gasteiger charge is -2.38. The van der Waals surface area contributed by atoms with E-state index in [1.54, 1.807) is 6.20 Å². The van der Waals surface area contributed by atoms with Crippen LogP contribution in [0.5, 0.6) is 0 Å². The van der Waals surface area contributed by atoms with Crippen LogP contribution in [-0.4, -0.2) is 34.9 Å². The molecule has 0 saturated carbocycles. The Morgan fingerprint density at radius 2 is 2.50 bits per heavy atom. The molecule has 4 nitrogen and oxygen atoms in total. The van der Waals surface area contributed by atoms with Crippen LogP contribution in [0.4, 0.5) is 0 Å². The largest absolute Gasteiger partial charge is 0.368 e. The molecule has 0 spiro atoms. The first-order valence-electron chi connectivity index (χ1n) is 5.69. The van der Waals surface area contributed by atoms with Crippen LogP contribution in [0.2, 0.25) is 0 Å². The van der Waals surface area contributed by atoms with Crippen LogP contribution in [-0.2, 0) is 11.2 Å². The predicted molar refractivity (Wildman–Crippen MR) is 61.7 cm³/mol. The second kappa shape index (κ2) is 5.07. The second-order valence-electron chi connectivity index (χ2n) is 4.21. The zero-order chi connectivity index (χ0) is 11.4. The topological polar surface area (TPSA) is 59.2 Å². The summed E-state index contributed by atoms with van der Waals surface area (Å²) in [7, 11) is 0. The minimum absolute atomic E-state index is 0.0195. The Bertz CT molecular complexity index is 353. The van der Waals surface area contributed by atoms with E-state index >= 15 is 0 Å². The number of likely N-dealkylation sites (tertiary alicyclic amines) is 1. The van der Waals surface area contributed by atoms with Gasteiger partial charge in [-0.25, -0.2) is 0 Å². The summed E-state index contributed by atoms with van der Waals surface area (Å²) in [6.45, 7) is 1.95. The maximum Gasteiger partial charge on any atom is 0.234 e. The van der Waals surface area contributed by atoms with Gasteiger partial charge >= 0.3 is 0 Å². The Kier molecular flexibility index (Phi) is 3.51. The Balaban J connectivity index is 1.71. The molecule has 16 heavy (non-hydrogen) atoms. The lowest BCUT2D eigenvalue weighted by Crippen LogP contribution is -2.54. The van der Waals surface area contributed by atoms with Crippen LogP contribution < -0.4 is 5.73 Å². The quantitative estimate of drug-likeness (QED) is 0.787. The summed E-state index contributed by atoms with van der Waals surface area (Å²) in [5.74, 6) is -0.187. The summed E-state index contributed by atoms with van der Waals surface area (Å²) in [5.41, 5.74) is 6.53. The van der Waals surface area contributed by atoms with Gasteiger partial charge in [-0.3, -0.25) is 14.7 Å². The molecule has 0 aliphatic carbocycles. The van der Waals surface area contributed by atoms with E-state index in [0.29, 0.717) is 0 Å². The van der Waals surface area contributed by atoms with Crippen molar-refractivity contribution in [2.24, 2.45) is 5.73 Å². The highest BCUT2D eigenvalue weighted by Gasteiger charge is 2.31. The second-order valence-corrected chi connectivity index (χ2v) is 4.21. The Hall–Kier alpha value is -1.42. The van der Waals surface area contributed by atoms with E-state index in [2.05, 4.69) is 16.0 Å². The fourth-order valence-electron chi connectivity index (χ4n) is 2.06. The zero-order valence-corrected chi connectivity index (χ0v) is 9.30. The lowest BCUT2D eigenvalue weighted by atomic mass is 10.0. The van der Waals surface area contributed by atoms with Crippen LogP contribution in [0.25, 0.3) is 0 Å². The number of aryl methyl sites for hydroxylation is 1. The molecule has 1 unspecified atom stereocenters. The summed E-state index contributed by atoms with van der Waals surface area (Å²) < 4.78 is 0. The van der Waals surface area contributed by atoms with Gasteiger partial charge in [-0.05, 0) is 37.4 Å². The minimum Gasteiger partial charge on any atom is -0.368 e. The number of nitrogens with zero attached hydrogens (tertiary/aromatic N) is 2. The van der Waals surface area contributed by atoms with Crippen LogP contribution in [0.3, 0.4) is 0 Å². The van der Waals surface area contributed by atoms with Gasteiger partial charge < -0.3 is 5.73 Å². The van der Waals surface area contributed by atoms with Crippen LogP contribution in [0.15, 0.2) is 24.5 Å². The van der Waals surface area contributed by atoms with E-state index in [0.717, 1.165) is 32.4 Å². The average molecular weight is 219 g/mol. The zero-order valence-electron chi connectivity index (χ0n) is 9.30. The Morgan fingerprint density at radius 3 is 3.06 bits per heavy atom. The number of rotatable bonds is 5. The summed E-state index contributed by atoms with van der Waals surface area (Å²) in [5, 5.41) is 0. The molecule has 86 valence electrons. The van der Waals surface area contributed by atoms with Crippen molar-refractivity contribution in [2.75, 3.05) is 13.1 Å². The molecule has 2 N–H and O–H groups in total. The van der Waals surface area contributed by atoms with Crippen molar-refractivity contribution in [3.63, 3.8) is 0 Å². The van der Waals surface area contributed by atoms with E-state index in [1.807, 2.05) is 12.3 Å². The van der Waals surface area contributed by atoms with Gasteiger partial charge in [0.25, 0.3) is 0 Å². The van der Waals surface area contributed by atoms with Crippen molar-refractivity contribution in [1.29, 1.82) is 0 Å². The van der Waals surface area contributed by atoms with Gasteiger partial charge in [-0.1, -0.05) is 6.07 Å². The molecule has 1 amide bonds. The first-order chi connectivity index (χ1) is 7.77. The summed E-state index contributed by atoms with van der Waals surface area (Å²) in [6.07, 6.45) is 6.65. The third-order valence-electron chi connectivity index (χ3n) is 3.09. The molecule has 0 bridgehead atoms. The minimum atomic E-state index is -0.187. The SMILES string of the molecule is NC(=O)C1CCN1CCCc1cccnc1. The maximum absolute atomic E-state index is 11.0. The molecule has 0 aromatic carbocycles. The van der Waals surface area contributed by atoms with Crippen LogP contribution in [0.1, 0.15) is 18.4 Å². The van der Waals surface area contributed by atoms with Gasteiger partial charge in [-0.15, -0.1) is 0 Å². The molecule has 4 heteroatoms. The number of carbonyl (C=O) groups excluding carboxylic acids is 1. The fourth-order valence-corrected chi connectivity index (χ4v) is 2.06. The van der Waals surface area contributed by atoms with Crippen LogP contribution >= 0.6 is 0 Å². The van der Waals surface area contributed by atoms with Crippen molar-refractivity contribution in [2.45, 2.75) is 25.3 Å². The predicted octanol–water partition coefficient (Wildman–Crippen LogP) is 0.574. The monoisotopic (exact) mass is 219 g/mol. The van der Waals surface area contributed by atoms with E-state index in [9.17, 15) is 4.79 Å². The first kappa shape index (κ1) is 11.1. The van der Waals surface area contributed by atoms with Crippen molar-refractivity contribution in [1.82, 2.24) is 9.88 Å². The first-order valence-corrected chi connectivity index (χ1v) is 5.69. The van der Waals surface area contributed by atoms with Crippen LogP contribution in [0, 0.1) is 0 Å². The molecule has 1 aliphatic rings. The third kappa shape index (κ3) is 2.58. The molecular formula is C12H17N3O. The number of nitrogens with two attached hydrogens (primary N) is 1. The molecule has 1 aliphatic heterocycles. The van der Waals surface area contributed by atoms with E-state index in [1.165, 1.54) is 5.56 Å². The van der Waals surface area contributed by atoms with Crippen molar-refractivity contribution in [3.8, 4) is 0 Å². The van der Waals surface area contributed by atoms with E-state index in [-0.39, 0.29) is 11.9 Å². The maximum atomic E-state index is 11.0. The molecule has 1 aromatic heterocycles. The van der Waals surface area contributed by atoms with Gasteiger partial charge in [0, 0.05) is 18.9 Å². The molecule has 1 fully saturated rings. The molecule has 1 atom stereocenters. The summed E-state index contributed by atoms with van der Waals surface area (Å²) in [4.78, 5) is 17.2. The number of pyridine rings is 1. The van der Waals surface area contributed by atoms with Crippen molar-refractivity contribution in [3.05, 3.63) is 30.1 Å². The number of hydrogen-bond donors (Lipinski definition) is 1. The third-order valence-corrected chi connectivity index (χ3v) is 3.09. The molecule has 2 heterocycles. The molecule has 1 saturated heterocycles. The number of aromatic nitrogens is 1. The molecular weight excluding hydrogens is 202 g/mol. The fraction of sp³-hybridized carbons (Fsp3) is 0.500. The number of amides is 1. The van der Waals surface area contributed by atoms with Gasteiger partial charge in [0.2, 0.25) is 5.91 Å². The van der Waals surface area contributed by atoms with Gasteiger partial charge in [0.1, 0.15) is 0 Å². The van der Waals surface area contributed by atoms with Gasteiger partial charge in [0.15, 0.2) is 0 Å². The van der Waals surface area contributed by atoms with Crippen molar-refractivity contribution < 1.29 is 4.79 Å². The average Bonchev–Trinajstić information content (AvgIpc) is 2.23.